The van der Waals surface area contributed by atoms with Gasteiger partial charge in [0.15, 0.2) is 0 Å². The van der Waals surface area contributed by atoms with Crippen LogP contribution in [-0.4, -0.2) is 33.4 Å². The Labute approximate surface area is 168 Å². The van der Waals surface area contributed by atoms with Crippen LogP contribution in [0.5, 0.6) is 5.75 Å². The molecule has 0 radical (unpaired) electrons. The third kappa shape index (κ3) is 5.07. The van der Waals surface area contributed by atoms with E-state index < -0.39 is 0 Å². The summed E-state index contributed by atoms with van der Waals surface area (Å²) >= 11 is 1.31. The zero-order valence-corrected chi connectivity index (χ0v) is 16.9. The molecule has 1 N–H and O–H groups in total. The second kappa shape index (κ2) is 9.32. The summed E-state index contributed by atoms with van der Waals surface area (Å²) in [5.74, 6) is 0.710. The lowest BCUT2D eigenvalue weighted by molar-refractivity contribution is -0.115. The number of nitrogens with one attached hydrogen (secondary N) is 1. The molecule has 1 unspecified atom stereocenters. The number of anilines is 1. The molecule has 0 aliphatic rings. The van der Waals surface area contributed by atoms with Gasteiger partial charge in [-0.05, 0) is 49.7 Å². The molecule has 0 fully saturated rings. The number of aryl methyl sites for hydroxylation is 1. The van der Waals surface area contributed by atoms with Crippen molar-refractivity contribution >= 4 is 23.4 Å². The van der Waals surface area contributed by atoms with Gasteiger partial charge in [0.1, 0.15) is 11.4 Å². The van der Waals surface area contributed by atoms with Crippen LogP contribution in [0.4, 0.5) is 5.69 Å². The fourth-order valence-electron chi connectivity index (χ4n) is 2.52. The summed E-state index contributed by atoms with van der Waals surface area (Å²) in [5, 5.41) is 11.5. The summed E-state index contributed by atoms with van der Waals surface area (Å²) in [4.78, 5) is 16.9. The van der Waals surface area contributed by atoms with Gasteiger partial charge in [0.25, 0.3) is 0 Å². The Morgan fingerprint density at radius 3 is 2.39 bits per heavy atom. The highest BCUT2D eigenvalue weighted by molar-refractivity contribution is 8.00. The van der Waals surface area contributed by atoms with Crippen molar-refractivity contribution in [1.29, 1.82) is 0 Å². The number of rotatable bonds is 7. The van der Waals surface area contributed by atoms with Crippen LogP contribution in [0.2, 0.25) is 0 Å². The lowest BCUT2D eigenvalue weighted by atomic mass is 10.2. The van der Waals surface area contributed by atoms with Gasteiger partial charge in [-0.15, -0.1) is 10.2 Å². The summed E-state index contributed by atoms with van der Waals surface area (Å²) in [6, 6.07) is 15.3. The predicted molar refractivity (Wildman–Crippen MR) is 112 cm³/mol. The van der Waals surface area contributed by atoms with E-state index in [-0.39, 0.29) is 11.2 Å². The number of ether oxygens (including phenoxy) is 1. The van der Waals surface area contributed by atoms with Crippen molar-refractivity contribution < 1.29 is 9.53 Å². The molecule has 0 saturated heterocycles. The molecule has 1 amide bonds. The molecule has 0 bridgehead atoms. The molecule has 3 rings (SSSR count). The summed E-state index contributed by atoms with van der Waals surface area (Å²) in [6.45, 7) is 3.97. The molecular formula is C21H22N4O2S. The lowest BCUT2D eigenvalue weighted by Gasteiger charge is -2.13. The Hall–Kier alpha value is -2.93. The maximum Gasteiger partial charge on any atom is 0.237 e. The number of hydrogen-bond donors (Lipinski definition) is 1. The first-order chi connectivity index (χ1) is 13.6. The molecule has 28 heavy (non-hydrogen) atoms. The standard InChI is InChI=1S/C21H22N4O2S/c1-4-19(20(26)23-16-9-5-14(2)6-10-16)28-21-22-13-18(24-25-21)15-7-11-17(27-3)12-8-15/h5-13,19H,4H2,1-3H3,(H,23,26). The monoisotopic (exact) mass is 394 g/mol. The van der Waals surface area contributed by atoms with Crippen molar-refractivity contribution in [3.8, 4) is 17.0 Å². The summed E-state index contributed by atoms with van der Waals surface area (Å²) < 4.78 is 5.16. The van der Waals surface area contributed by atoms with Crippen LogP contribution in [0, 0.1) is 6.92 Å². The zero-order valence-electron chi connectivity index (χ0n) is 16.0. The van der Waals surface area contributed by atoms with E-state index in [1.165, 1.54) is 11.8 Å². The number of amides is 1. The van der Waals surface area contributed by atoms with Gasteiger partial charge in [-0.1, -0.05) is 36.4 Å². The van der Waals surface area contributed by atoms with E-state index >= 15 is 0 Å². The minimum Gasteiger partial charge on any atom is -0.497 e. The molecule has 0 aliphatic carbocycles. The summed E-state index contributed by atoms with van der Waals surface area (Å²) in [6.07, 6.45) is 2.33. The van der Waals surface area contributed by atoms with Gasteiger partial charge >= 0.3 is 0 Å². The highest BCUT2D eigenvalue weighted by atomic mass is 32.2. The van der Waals surface area contributed by atoms with Crippen LogP contribution in [0.15, 0.2) is 59.9 Å². The number of thioether (sulfide) groups is 1. The average Bonchev–Trinajstić information content (AvgIpc) is 2.74. The number of carbonyl (C=O) groups excluding carboxylic acids is 1. The van der Waals surface area contributed by atoms with Gasteiger partial charge < -0.3 is 10.1 Å². The van der Waals surface area contributed by atoms with Gasteiger partial charge in [-0.2, -0.15) is 0 Å². The molecule has 1 heterocycles. The van der Waals surface area contributed by atoms with E-state index in [9.17, 15) is 4.79 Å². The number of aromatic nitrogens is 3. The largest absolute Gasteiger partial charge is 0.497 e. The Morgan fingerprint density at radius 1 is 1.11 bits per heavy atom. The molecule has 0 aliphatic heterocycles. The topological polar surface area (TPSA) is 77.0 Å². The summed E-state index contributed by atoms with van der Waals surface area (Å²) in [7, 11) is 1.63. The number of hydrogen-bond acceptors (Lipinski definition) is 6. The predicted octanol–water partition coefficient (Wildman–Crippen LogP) is 4.37. The molecule has 3 aromatic rings. The SMILES string of the molecule is CCC(Sc1ncc(-c2ccc(OC)cc2)nn1)C(=O)Nc1ccc(C)cc1. The third-order valence-corrected chi connectivity index (χ3v) is 5.39. The number of benzene rings is 2. The second-order valence-corrected chi connectivity index (χ2v) is 7.39. The van der Waals surface area contributed by atoms with Crippen molar-refractivity contribution in [2.24, 2.45) is 0 Å². The number of methoxy groups -OCH3 is 1. The zero-order chi connectivity index (χ0) is 19.9. The quantitative estimate of drug-likeness (QED) is 0.600. The van der Waals surface area contributed by atoms with Crippen LogP contribution in [-0.2, 0) is 4.79 Å². The molecule has 1 atom stereocenters. The lowest BCUT2D eigenvalue weighted by Crippen LogP contribution is -2.24. The van der Waals surface area contributed by atoms with E-state index in [0.717, 1.165) is 22.6 Å². The Balaban J connectivity index is 1.65. The van der Waals surface area contributed by atoms with Crippen LogP contribution in [0.25, 0.3) is 11.3 Å². The van der Waals surface area contributed by atoms with Crippen LogP contribution < -0.4 is 10.1 Å². The van der Waals surface area contributed by atoms with Gasteiger partial charge in [-0.3, -0.25) is 4.79 Å². The van der Waals surface area contributed by atoms with E-state index in [2.05, 4.69) is 20.5 Å². The fraction of sp³-hybridized carbons (Fsp3) is 0.238. The van der Waals surface area contributed by atoms with Crippen LogP contribution in [0.1, 0.15) is 18.9 Å². The maximum atomic E-state index is 12.6. The van der Waals surface area contributed by atoms with Gasteiger partial charge in [0.05, 0.1) is 18.6 Å². The van der Waals surface area contributed by atoms with E-state index in [1.807, 2.05) is 62.4 Å². The molecule has 0 spiro atoms. The van der Waals surface area contributed by atoms with Crippen molar-refractivity contribution in [2.45, 2.75) is 30.7 Å². The normalized spacial score (nSPS) is 11.7. The van der Waals surface area contributed by atoms with Gasteiger partial charge in [-0.25, -0.2) is 4.98 Å². The molecular weight excluding hydrogens is 372 g/mol. The van der Waals surface area contributed by atoms with Gasteiger partial charge in [0.2, 0.25) is 11.1 Å². The Bertz CT molecular complexity index is 913. The Kier molecular flexibility index (Phi) is 6.60. The Morgan fingerprint density at radius 2 is 1.82 bits per heavy atom. The first-order valence-corrected chi connectivity index (χ1v) is 9.85. The van der Waals surface area contributed by atoms with Crippen molar-refractivity contribution in [2.75, 3.05) is 12.4 Å². The van der Waals surface area contributed by atoms with E-state index in [0.29, 0.717) is 17.3 Å². The van der Waals surface area contributed by atoms with Crippen molar-refractivity contribution in [3.05, 3.63) is 60.3 Å². The van der Waals surface area contributed by atoms with Gasteiger partial charge in [0, 0.05) is 11.3 Å². The molecule has 2 aromatic carbocycles. The van der Waals surface area contributed by atoms with Crippen molar-refractivity contribution in [3.63, 3.8) is 0 Å². The third-order valence-electron chi connectivity index (χ3n) is 4.16. The molecule has 6 nitrogen and oxygen atoms in total. The minimum absolute atomic E-state index is 0.0702. The first-order valence-electron chi connectivity index (χ1n) is 8.97. The highest BCUT2D eigenvalue weighted by Crippen LogP contribution is 2.25. The van der Waals surface area contributed by atoms with E-state index in [4.69, 9.17) is 4.74 Å². The number of nitrogens with zero attached hydrogens (tertiary/aromatic N) is 3. The number of carbonyl (C=O) groups is 1. The molecule has 144 valence electrons. The summed E-state index contributed by atoms with van der Waals surface area (Å²) in [5.41, 5.74) is 3.50. The van der Waals surface area contributed by atoms with Crippen LogP contribution in [0.3, 0.4) is 0 Å². The smallest absolute Gasteiger partial charge is 0.237 e. The maximum absolute atomic E-state index is 12.6. The highest BCUT2D eigenvalue weighted by Gasteiger charge is 2.20. The molecule has 7 heteroatoms. The van der Waals surface area contributed by atoms with Crippen molar-refractivity contribution in [1.82, 2.24) is 15.2 Å². The van der Waals surface area contributed by atoms with Crippen LogP contribution >= 0.6 is 11.8 Å². The minimum atomic E-state index is -0.296. The molecule has 0 saturated carbocycles. The fourth-order valence-corrected chi connectivity index (χ4v) is 3.31. The van der Waals surface area contributed by atoms with E-state index in [1.54, 1.807) is 13.3 Å². The first kappa shape index (κ1) is 19.8. The molecule has 1 aromatic heterocycles. The average molecular weight is 395 g/mol. The second-order valence-electron chi connectivity index (χ2n) is 6.22.